The first-order valence-electron chi connectivity index (χ1n) is 5.03. The SMILES string of the molecule is O=S(=O)(NCCCCO)c1cccc(Cl)c1Cl. The largest absolute Gasteiger partial charge is 0.396 e. The Labute approximate surface area is 111 Å². The lowest BCUT2D eigenvalue weighted by molar-refractivity contribution is 0.285. The molecule has 0 saturated carbocycles. The standard InChI is InChI=1S/C10H13Cl2NO3S/c11-8-4-3-5-9(10(8)12)17(15,16)13-6-1-2-7-14/h3-5,13-14H,1-2,6-7H2. The summed E-state index contributed by atoms with van der Waals surface area (Å²) in [4.78, 5) is -0.0318. The molecular weight excluding hydrogens is 285 g/mol. The summed E-state index contributed by atoms with van der Waals surface area (Å²) < 4.78 is 26.1. The van der Waals surface area contributed by atoms with Crippen molar-refractivity contribution in [3.63, 3.8) is 0 Å². The Bertz CT molecular complexity index is 476. The Morgan fingerprint density at radius 2 is 1.94 bits per heavy atom. The number of hydrogen-bond acceptors (Lipinski definition) is 3. The molecule has 0 unspecified atom stereocenters. The molecule has 0 amide bonds. The van der Waals surface area contributed by atoms with Crippen molar-refractivity contribution in [2.24, 2.45) is 0 Å². The average molecular weight is 298 g/mol. The topological polar surface area (TPSA) is 66.4 Å². The molecule has 2 N–H and O–H groups in total. The highest BCUT2D eigenvalue weighted by molar-refractivity contribution is 7.89. The summed E-state index contributed by atoms with van der Waals surface area (Å²) in [7, 11) is -3.64. The Hall–Kier alpha value is -0.330. The van der Waals surface area contributed by atoms with Gasteiger partial charge in [0.2, 0.25) is 10.0 Å². The van der Waals surface area contributed by atoms with Crippen molar-refractivity contribution in [1.82, 2.24) is 4.72 Å². The van der Waals surface area contributed by atoms with Crippen molar-refractivity contribution in [3.05, 3.63) is 28.2 Å². The first-order valence-corrected chi connectivity index (χ1v) is 7.27. The number of rotatable bonds is 6. The van der Waals surface area contributed by atoms with Crippen LogP contribution in [0.15, 0.2) is 23.1 Å². The summed E-state index contributed by atoms with van der Waals surface area (Å²) in [6.45, 7) is 0.297. The molecule has 7 heteroatoms. The first-order chi connectivity index (χ1) is 7.99. The lowest BCUT2D eigenvalue weighted by Crippen LogP contribution is -2.25. The molecule has 0 aliphatic carbocycles. The van der Waals surface area contributed by atoms with E-state index in [9.17, 15) is 8.42 Å². The van der Waals surface area contributed by atoms with Crippen molar-refractivity contribution >= 4 is 33.2 Å². The van der Waals surface area contributed by atoms with Gasteiger partial charge in [-0.2, -0.15) is 0 Å². The number of hydrogen-bond donors (Lipinski definition) is 2. The quantitative estimate of drug-likeness (QED) is 0.790. The molecule has 1 rings (SSSR count). The minimum absolute atomic E-state index is 0.0174. The van der Waals surface area contributed by atoms with E-state index in [1.54, 1.807) is 0 Å². The summed E-state index contributed by atoms with van der Waals surface area (Å²) in [6, 6.07) is 4.44. The average Bonchev–Trinajstić information content (AvgIpc) is 2.28. The van der Waals surface area contributed by atoms with Gasteiger partial charge in [0, 0.05) is 13.2 Å². The monoisotopic (exact) mass is 297 g/mol. The molecule has 0 saturated heterocycles. The highest BCUT2D eigenvalue weighted by Gasteiger charge is 2.18. The molecule has 0 aliphatic rings. The van der Waals surface area contributed by atoms with Gasteiger partial charge >= 0.3 is 0 Å². The summed E-state index contributed by atoms with van der Waals surface area (Å²) >= 11 is 11.6. The number of halogens is 2. The van der Waals surface area contributed by atoms with Gasteiger partial charge in [-0.15, -0.1) is 0 Å². The van der Waals surface area contributed by atoms with Gasteiger partial charge in [-0.1, -0.05) is 29.3 Å². The molecule has 96 valence electrons. The minimum Gasteiger partial charge on any atom is -0.396 e. The molecule has 0 spiro atoms. The molecule has 0 heterocycles. The lowest BCUT2D eigenvalue weighted by Gasteiger charge is -2.08. The highest BCUT2D eigenvalue weighted by atomic mass is 35.5. The van der Waals surface area contributed by atoms with Crippen LogP contribution in [0.4, 0.5) is 0 Å². The molecule has 0 aromatic heterocycles. The molecule has 4 nitrogen and oxygen atoms in total. The summed E-state index contributed by atoms with van der Waals surface area (Å²) in [5, 5.41) is 8.79. The number of aliphatic hydroxyl groups excluding tert-OH is 1. The minimum atomic E-state index is -3.64. The van der Waals surface area contributed by atoms with Crippen molar-refractivity contribution in [2.45, 2.75) is 17.7 Å². The van der Waals surface area contributed by atoms with Gasteiger partial charge in [0.1, 0.15) is 4.90 Å². The fraction of sp³-hybridized carbons (Fsp3) is 0.400. The predicted octanol–water partition coefficient (Wildman–Crippen LogP) is 2.04. The van der Waals surface area contributed by atoms with E-state index < -0.39 is 10.0 Å². The predicted molar refractivity (Wildman–Crippen MR) is 68.0 cm³/mol. The van der Waals surface area contributed by atoms with Crippen LogP contribution in [0.1, 0.15) is 12.8 Å². The molecule has 17 heavy (non-hydrogen) atoms. The molecular formula is C10H13Cl2NO3S. The second-order valence-electron chi connectivity index (χ2n) is 3.38. The summed E-state index contributed by atoms with van der Waals surface area (Å²) in [5.41, 5.74) is 0. The number of nitrogens with one attached hydrogen (secondary N) is 1. The van der Waals surface area contributed by atoms with Crippen LogP contribution < -0.4 is 4.72 Å². The van der Waals surface area contributed by atoms with Crippen LogP contribution in [-0.4, -0.2) is 26.7 Å². The van der Waals surface area contributed by atoms with E-state index in [-0.39, 0.29) is 28.1 Å². The maximum Gasteiger partial charge on any atom is 0.242 e. The third kappa shape index (κ3) is 4.12. The van der Waals surface area contributed by atoms with E-state index in [1.807, 2.05) is 0 Å². The van der Waals surface area contributed by atoms with E-state index in [0.29, 0.717) is 12.8 Å². The Morgan fingerprint density at radius 1 is 1.24 bits per heavy atom. The van der Waals surface area contributed by atoms with Gasteiger partial charge in [-0.25, -0.2) is 13.1 Å². The molecule has 0 bridgehead atoms. The van der Waals surface area contributed by atoms with Crippen LogP contribution >= 0.6 is 23.2 Å². The van der Waals surface area contributed by atoms with Crippen molar-refractivity contribution < 1.29 is 13.5 Å². The van der Waals surface area contributed by atoms with Crippen LogP contribution in [0.25, 0.3) is 0 Å². The van der Waals surface area contributed by atoms with Crippen LogP contribution in [-0.2, 0) is 10.0 Å². The van der Waals surface area contributed by atoms with Crippen molar-refractivity contribution in [2.75, 3.05) is 13.2 Å². The molecule has 1 aromatic carbocycles. The van der Waals surface area contributed by atoms with Gasteiger partial charge in [0.15, 0.2) is 0 Å². The van der Waals surface area contributed by atoms with Gasteiger partial charge in [-0.3, -0.25) is 0 Å². The van der Waals surface area contributed by atoms with Gasteiger partial charge in [0.05, 0.1) is 10.0 Å². The van der Waals surface area contributed by atoms with Crippen molar-refractivity contribution in [3.8, 4) is 0 Å². The van der Waals surface area contributed by atoms with Crippen LogP contribution in [0.5, 0.6) is 0 Å². The zero-order valence-corrected chi connectivity index (χ0v) is 11.3. The molecule has 0 aliphatic heterocycles. The van der Waals surface area contributed by atoms with E-state index in [1.165, 1.54) is 18.2 Å². The number of unbranched alkanes of at least 4 members (excludes halogenated alkanes) is 1. The number of sulfonamides is 1. The fourth-order valence-corrected chi connectivity index (χ4v) is 3.05. The second-order valence-corrected chi connectivity index (χ2v) is 5.90. The third-order valence-corrected chi connectivity index (χ3v) is 4.52. The molecule has 0 fully saturated rings. The molecule has 1 aromatic rings. The van der Waals surface area contributed by atoms with E-state index >= 15 is 0 Å². The van der Waals surface area contributed by atoms with Gasteiger partial charge in [0.25, 0.3) is 0 Å². The Balaban J connectivity index is 2.79. The van der Waals surface area contributed by atoms with Crippen LogP contribution in [0.2, 0.25) is 10.0 Å². The second kappa shape index (κ2) is 6.56. The van der Waals surface area contributed by atoms with Crippen molar-refractivity contribution in [1.29, 1.82) is 0 Å². The van der Waals surface area contributed by atoms with Gasteiger partial charge < -0.3 is 5.11 Å². The fourth-order valence-electron chi connectivity index (χ4n) is 1.21. The maximum atomic E-state index is 11.9. The molecule has 0 atom stereocenters. The van der Waals surface area contributed by atoms with Crippen LogP contribution in [0.3, 0.4) is 0 Å². The highest BCUT2D eigenvalue weighted by Crippen LogP contribution is 2.28. The van der Waals surface area contributed by atoms with Crippen LogP contribution in [0, 0.1) is 0 Å². The Morgan fingerprint density at radius 3 is 2.59 bits per heavy atom. The van der Waals surface area contributed by atoms with E-state index in [4.69, 9.17) is 28.3 Å². The maximum absolute atomic E-state index is 11.9. The third-order valence-electron chi connectivity index (χ3n) is 2.08. The van der Waals surface area contributed by atoms with Gasteiger partial charge in [-0.05, 0) is 25.0 Å². The zero-order valence-electron chi connectivity index (χ0n) is 8.99. The number of benzene rings is 1. The normalized spacial score (nSPS) is 11.7. The first kappa shape index (κ1) is 14.7. The summed E-state index contributed by atoms with van der Waals surface area (Å²) in [6.07, 6.45) is 1.11. The van der Waals surface area contributed by atoms with E-state index in [0.717, 1.165) is 0 Å². The zero-order chi connectivity index (χ0) is 12.9. The molecule has 0 radical (unpaired) electrons. The van der Waals surface area contributed by atoms with E-state index in [2.05, 4.69) is 4.72 Å². The number of aliphatic hydroxyl groups is 1. The Kier molecular flexibility index (Phi) is 5.69. The smallest absolute Gasteiger partial charge is 0.242 e. The lowest BCUT2D eigenvalue weighted by atomic mass is 10.3. The summed E-state index contributed by atoms with van der Waals surface area (Å²) in [5.74, 6) is 0.